The number of rotatable bonds is 6. The van der Waals surface area contributed by atoms with E-state index in [0.29, 0.717) is 6.54 Å². The summed E-state index contributed by atoms with van der Waals surface area (Å²) < 4.78 is 0. The summed E-state index contributed by atoms with van der Waals surface area (Å²) >= 11 is 0. The van der Waals surface area contributed by atoms with Crippen LogP contribution in [0.5, 0.6) is 0 Å². The number of nitrogens with zero attached hydrogens (tertiary/aromatic N) is 1. The van der Waals surface area contributed by atoms with Crippen molar-refractivity contribution in [1.82, 2.24) is 4.90 Å². The Labute approximate surface area is 116 Å². The number of carboxylic acids is 1. The second-order valence-corrected chi connectivity index (χ2v) is 5.26. The quantitative estimate of drug-likeness (QED) is 0.854. The van der Waals surface area contributed by atoms with Crippen molar-refractivity contribution < 1.29 is 9.90 Å². The van der Waals surface area contributed by atoms with Crippen molar-refractivity contribution in [2.24, 2.45) is 0 Å². The van der Waals surface area contributed by atoms with Crippen LogP contribution in [0.2, 0.25) is 0 Å². The van der Waals surface area contributed by atoms with Gasteiger partial charge in [0.15, 0.2) is 0 Å². The van der Waals surface area contributed by atoms with Crippen LogP contribution in [0.3, 0.4) is 0 Å². The van der Waals surface area contributed by atoms with Gasteiger partial charge in [0.25, 0.3) is 0 Å². The summed E-state index contributed by atoms with van der Waals surface area (Å²) in [6, 6.07) is 4.65. The predicted octanol–water partition coefficient (Wildman–Crippen LogP) is 3.47. The van der Waals surface area contributed by atoms with E-state index < -0.39 is 5.97 Å². The molecule has 0 aliphatic rings. The van der Waals surface area contributed by atoms with Crippen molar-refractivity contribution in [3.05, 3.63) is 34.4 Å². The molecule has 0 heterocycles. The van der Waals surface area contributed by atoms with Gasteiger partial charge in [0.05, 0.1) is 6.42 Å². The van der Waals surface area contributed by atoms with Gasteiger partial charge in [-0.1, -0.05) is 24.6 Å². The number of carboxylic acid groups (broad SMARTS) is 1. The van der Waals surface area contributed by atoms with Crippen molar-refractivity contribution in [1.29, 1.82) is 0 Å². The Morgan fingerprint density at radius 3 is 2.21 bits per heavy atom. The summed E-state index contributed by atoms with van der Waals surface area (Å²) in [7, 11) is 0. The highest BCUT2D eigenvalue weighted by molar-refractivity contribution is 5.66. The Morgan fingerprint density at radius 2 is 1.79 bits per heavy atom. The lowest BCUT2D eigenvalue weighted by Crippen LogP contribution is -2.30. The van der Waals surface area contributed by atoms with E-state index in [9.17, 15) is 4.79 Å². The van der Waals surface area contributed by atoms with E-state index in [1.54, 1.807) is 0 Å². The SMILES string of the molecule is CCN(CCC(=O)O)C(C)c1c(C)cc(C)cc1C. The van der Waals surface area contributed by atoms with Crippen LogP contribution in [-0.2, 0) is 4.79 Å². The standard InChI is InChI=1S/C16H25NO2/c1-6-17(8-7-15(18)19)14(5)16-12(3)9-11(2)10-13(16)4/h9-10,14H,6-8H2,1-5H3,(H,18,19). The third kappa shape index (κ3) is 4.06. The van der Waals surface area contributed by atoms with Crippen LogP contribution in [0.4, 0.5) is 0 Å². The lowest BCUT2D eigenvalue weighted by Gasteiger charge is -2.30. The van der Waals surface area contributed by atoms with Crippen molar-refractivity contribution in [2.75, 3.05) is 13.1 Å². The van der Waals surface area contributed by atoms with Gasteiger partial charge < -0.3 is 5.11 Å². The molecule has 0 fully saturated rings. The van der Waals surface area contributed by atoms with E-state index in [-0.39, 0.29) is 12.5 Å². The van der Waals surface area contributed by atoms with Gasteiger partial charge in [0.1, 0.15) is 0 Å². The molecule has 1 aromatic carbocycles. The molecular weight excluding hydrogens is 238 g/mol. The second-order valence-electron chi connectivity index (χ2n) is 5.26. The molecule has 0 amide bonds. The largest absolute Gasteiger partial charge is 0.481 e. The highest BCUT2D eigenvalue weighted by Crippen LogP contribution is 2.27. The van der Waals surface area contributed by atoms with Crippen LogP contribution in [0, 0.1) is 20.8 Å². The topological polar surface area (TPSA) is 40.5 Å². The summed E-state index contributed by atoms with van der Waals surface area (Å²) in [4.78, 5) is 13.0. The Bertz CT molecular complexity index is 431. The summed E-state index contributed by atoms with van der Waals surface area (Å²) in [6.07, 6.45) is 0.197. The average Bonchev–Trinajstić information content (AvgIpc) is 2.27. The zero-order chi connectivity index (χ0) is 14.6. The maximum Gasteiger partial charge on any atom is 0.304 e. The molecule has 1 N–H and O–H groups in total. The highest BCUT2D eigenvalue weighted by atomic mass is 16.4. The van der Waals surface area contributed by atoms with Crippen LogP contribution in [-0.4, -0.2) is 29.1 Å². The Morgan fingerprint density at radius 1 is 1.26 bits per heavy atom. The summed E-state index contributed by atoms with van der Waals surface area (Å²) in [6.45, 7) is 12.1. The molecule has 1 aromatic rings. The molecule has 0 aromatic heterocycles. The fourth-order valence-electron chi connectivity index (χ4n) is 2.90. The molecule has 106 valence electrons. The molecular formula is C16H25NO2. The number of aliphatic carboxylic acids is 1. The average molecular weight is 263 g/mol. The maximum atomic E-state index is 10.7. The van der Waals surface area contributed by atoms with E-state index in [4.69, 9.17) is 5.11 Å². The first-order chi connectivity index (χ1) is 8.86. The van der Waals surface area contributed by atoms with E-state index in [0.717, 1.165) is 6.54 Å². The van der Waals surface area contributed by atoms with Gasteiger partial charge in [-0.25, -0.2) is 0 Å². The molecule has 0 aliphatic carbocycles. The minimum atomic E-state index is -0.733. The summed E-state index contributed by atoms with van der Waals surface area (Å²) in [5.74, 6) is -0.733. The van der Waals surface area contributed by atoms with E-state index >= 15 is 0 Å². The molecule has 1 atom stereocenters. The minimum absolute atomic E-state index is 0.197. The molecule has 0 spiro atoms. The first kappa shape index (κ1) is 15.7. The van der Waals surface area contributed by atoms with Gasteiger partial charge >= 0.3 is 5.97 Å². The number of aryl methyl sites for hydroxylation is 3. The highest BCUT2D eigenvalue weighted by Gasteiger charge is 2.18. The Kier molecular flexibility index (Phi) is 5.55. The first-order valence-corrected chi connectivity index (χ1v) is 6.90. The number of hydrogen-bond donors (Lipinski definition) is 1. The lowest BCUT2D eigenvalue weighted by atomic mass is 9.94. The molecule has 3 heteroatoms. The van der Waals surface area contributed by atoms with Crippen LogP contribution in [0.1, 0.15) is 48.6 Å². The fourth-order valence-corrected chi connectivity index (χ4v) is 2.90. The predicted molar refractivity (Wildman–Crippen MR) is 78.6 cm³/mol. The zero-order valence-electron chi connectivity index (χ0n) is 12.7. The van der Waals surface area contributed by atoms with Gasteiger partial charge in [-0.15, -0.1) is 0 Å². The summed E-state index contributed by atoms with van der Waals surface area (Å²) in [5, 5.41) is 8.83. The number of hydrogen-bond acceptors (Lipinski definition) is 2. The van der Waals surface area contributed by atoms with Gasteiger partial charge in [-0.3, -0.25) is 9.69 Å². The molecule has 19 heavy (non-hydrogen) atoms. The lowest BCUT2D eigenvalue weighted by molar-refractivity contribution is -0.137. The van der Waals surface area contributed by atoms with Gasteiger partial charge in [-0.2, -0.15) is 0 Å². The van der Waals surface area contributed by atoms with Gasteiger partial charge in [0.2, 0.25) is 0 Å². The second kappa shape index (κ2) is 6.71. The minimum Gasteiger partial charge on any atom is -0.481 e. The van der Waals surface area contributed by atoms with Gasteiger partial charge in [-0.05, 0) is 50.9 Å². The molecule has 1 rings (SSSR count). The fraction of sp³-hybridized carbons (Fsp3) is 0.562. The van der Waals surface area contributed by atoms with E-state index in [2.05, 4.69) is 51.7 Å². The van der Waals surface area contributed by atoms with Crippen molar-refractivity contribution in [3.8, 4) is 0 Å². The third-order valence-corrected chi connectivity index (χ3v) is 3.72. The van der Waals surface area contributed by atoms with Crippen LogP contribution < -0.4 is 0 Å². The summed E-state index contributed by atoms with van der Waals surface area (Å²) in [5.41, 5.74) is 5.19. The molecule has 1 unspecified atom stereocenters. The van der Waals surface area contributed by atoms with Crippen molar-refractivity contribution in [3.63, 3.8) is 0 Å². The van der Waals surface area contributed by atoms with E-state index in [1.165, 1.54) is 22.3 Å². The number of benzene rings is 1. The maximum absolute atomic E-state index is 10.7. The Hall–Kier alpha value is -1.35. The van der Waals surface area contributed by atoms with E-state index in [1.807, 2.05) is 0 Å². The molecule has 3 nitrogen and oxygen atoms in total. The van der Waals surface area contributed by atoms with Crippen LogP contribution >= 0.6 is 0 Å². The first-order valence-electron chi connectivity index (χ1n) is 6.90. The molecule has 0 radical (unpaired) electrons. The molecule has 0 saturated heterocycles. The van der Waals surface area contributed by atoms with Crippen molar-refractivity contribution in [2.45, 2.75) is 47.1 Å². The zero-order valence-corrected chi connectivity index (χ0v) is 12.7. The third-order valence-electron chi connectivity index (χ3n) is 3.72. The van der Waals surface area contributed by atoms with Crippen LogP contribution in [0.25, 0.3) is 0 Å². The van der Waals surface area contributed by atoms with Crippen LogP contribution in [0.15, 0.2) is 12.1 Å². The normalized spacial score (nSPS) is 12.7. The van der Waals surface area contributed by atoms with Gasteiger partial charge in [0, 0.05) is 12.6 Å². The molecule has 0 aliphatic heterocycles. The molecule has 0 bridgehead atoms. The smallest absolute Gasteiger partial charge is 0.304 e. The Balaban J connectivity index is 2.97. The molecule has 0 saturated carbocycles. The monoisotopic (exact) mass is 263 g/mol. The number of carbonyl (C=O) groups is 1. The van der Waals surface area contributed by atoms with Crippen molar-refractivity contribution >= 4 is 5.97 Å².